The fraction of sp³-hybridized carbons (Fsp3) is 0.409. The van der Waals surface area contributed by atoms with Crippen LogP contribution in [0.25, 0.3) is 16.0 Å². The lowest BCUT2D eigenvalue weighted by molar-refractivity contribution is 0.129. The van der Waals surface area contributed by atoms with Gasteiger partial charge in [0.1, 0.15) is 29.3 Å². The van der Waals surface area contributed by atoms with Gasteiger partial charge in [-0.25, -0.2) is 9.83 Å². The number of anilines is 1. The molecule has 2 aromatic rings. The number of nitrogen functional groups attached to an aromatic ring is 1. The number of hydrogen-bond donors (Lipinski definition) is 2. The molecule has 0 fully saturated rings. The fourth-order valence-electron chi connectivity index (χ4n) is 2.73. The van der Waals surface area contributed by atoms with Crippen molar-refractivity contribution in [1.29, 1.82) is 5.26 Å². The molecule has 158 valence electrons. The Morgan fingerprint density at radius 1 is 1.30 bits per heavy atom. The third-order valence-corrected chi connectivity index (χ3v) is 10.3. The first-order valence-corrected chi connectivity index (χ1v) is 13.0. The normalized spacial score (nSPS) is 12.7. The van der Waals surface area contributed by atoms with Crippen LogP contribution in [0.3, 0.4) is 0 Å². The summed E-state index contributed by atoms with van der Waals surface area (Å²) in [6, 6.07) is 9.27. The first-order chi connectivity index (χ1) is 13.9. The molecule has 0 aliphatic heterocycles. The molecule has 6 nitrogen and oxygen atoms in total. The predicted molar refractivity (Wildman–Crippen MR) is 126 cm³/mol. The Labute approximate surface area is 185 Å². The molecule has 1 aromatic heterocycles. The average Bonchev–Trinajstić information content (AvgIpc) is 2.65. The molecule has 0 spiro atoms. The second-order valence-electron chi connectivity index (χ2n) is 8.67. The van der Waals surface area contributed by atoms with Crippen molar-refractivity contribution in [3.05, 3.63) is 41.2 Å². The van der Waals surface area contributed by atoms with Crippen LogP contribution in [-0.2, 0) is 4.43 Å². The Bertz CT molecular complexity index is 964. The largest absolute Gasteiger partial charge is 0.491 e. The average molecular weight is 441 g/mol. The van der Waals surface area contributed by atoms with Gasteiger partial charge in [-0.2, -0.15) is 5.26 Å². The van der Waals surface area contributed by atoms with E-state index >= 15 is 0 Å². The number of nitrogens with zero attached hydrogens (tertiary/aromatic N) is 3. The van der Waals surface area contributed by atoms with Crippen LogP contribution in [0.1, 0.15) is 33.3 Å². The van der Waals surface area contributed by atoms with Gasteiger partial charge in [0.05, 0.1) is 18.2 Å². The van der Waals surface area contributed by atoms with Crippen LogP contribution in [0.4, 0.5) is 11.5 Å². The molecule has 0 aliphatic carbocycles. The Kier molecular flexibility index (Phi) is 7.20. The molecular weight excluding hydrogens is 412 g/mol. The second-order valence-corrected chi connectivity index (χ2v) is 13.8. The Hall–Kier alpha value is -2.52. The molecule has 30 heavy (non-hydrogen) atoms. The molecule has 0 aliphatic rings. The smallest absolute Gasteiger partial charge is 0.236 e. The molecule has 0 radical (unpaired) electrons. The highest BCUT2D eigenvalue weighted by atomic mass is 32.1. The molecule has 2 N–H and O–H groups in total. The lowest BCUT2D eigenvalue weighted by atomic mass is 10.00. The summed E-state index contributed by atoms with van der Waals surface area (Å²) < 4.78 is 12.2. The molecule has 2 rings (SSSR count). The lowest BCUT2D eigenvalue weighted by Crippen LogP contribution is -2.44. The van der Waals surface area contributed by atoms with Crippen molar-refractivity contribution >= 4 is 32.5 Å². The molecule has 1 aromatic carbocycles. The maximum absolute atomic E-state index is 9.50. The van der Waals surface area contributed by atoms with E-state index in [9.17, 15) is 5.26 Å². The summed E-state index contributed by atoms with van der Waals surface area (Å²) in [5, 5.41) is 9.85. The molecule has 8 heteroatoms. The van der Waals surface area contributed by atoms with Crippen molar-refractivity contribution in [2.24, 2.45) is 0 Å². The summed E-state index contributed by atoms with van der Waals surface area (Å²) in [7, 11) is -1.85. The minimum absolute atomic E-state index is 0.0313. The van der Waals surface area contributed by atoms with E-state index in [1.807, 2.05) is 6.92 Å². The highest BCUT2D eigenvalue weighted by Gasteiger charge is 2.38. The zero-order valence-corrected chi connectivity index (χ0v) is 20.2. The summed E-state index contributed by atoms with van der Waals surface area (Å²) >= 11 is 4.23. The Morgan fingerprint density at radius 2 is 1.90 bits per heavy atom. The Morgan fingerprint density at radius 3 is 2.40 bits per heavy atom. The zero-order valence-electron chi connectivity index (χ0n) is 18.3. The molecular formula is C22H28N4O2SSi. The van der Waals surface area contributed by atoms with Crippen molar-refractivity contribution in [1.82, 2.24) is 4.98 Å². The van der Waals surface area contributed by atoms with Gasteiger partial charge < -0.3 is 14.9 Å². The minimum atomic E-state index is -1.85. The van der Waals surface area contributed by atoms with E-state index in [0.717, 1.165) is 0 Å². The molecule has 0 amide bonds. The monoisotopic (exact) mass is 440 g/mol. The van der Waals surface area contributed by atoms with Crippen molar-refractivity contribution in [3.8, 4) is 22.9 Å². The zero-order chi connectivity index (χ0) is 22.7. The first-order valence-electron chi connectivity index (χ1n) is 9.62. The Balaban J connectivity index is 2.20. The molecule has 1 atom stereocenters. The number of benzene rings is 1. The van der Waals surface area contributed by atoms with Crippen LogP contribution in [0, 0.1) is 17.9 Å². The number of nitriles is 1. The second kappa shape index (κ2) is 9.09. The van der Waals surface area contributed by atoms with E-state index < -0.39 is 8.32 Å². The van der Waals surface area contributed by atoms with Gasteiger partial charge in [0, 0.05) is 5.56 Å². The van der Waals surface area contributed by atoms with Gasteiger partial charge in [0.25, 0.3) is 0 Å². The van der Waals surface area contributed by atoms with Crippen LogP contribution in [0.5, 0.6) is 5.75 Å². The van der Waals surface area contributed by atoms with Crippen molar-refractivity contribution < 1.29 is 9.16 Å². The summed E-state index contributed by atoms with van der Waals surface area (Å²) in [6.45, 7) is 20.9. The van der Waals surface area contributed by atoms with Gasteiger partial charge in [0.15, 0.2) is 8.32 Å². The standard InChI is InChI=1S/C22H28N4O2SSi/c1-14(28-30(6,7)22(2,3)4)13-27-16-10-8-15(9-11-16)18-17(12-23)21(29)26-20(24)19(18)25-5/h8-11,14H,13H2,1-4,6-7H3,(H3,24,26,29)/t14-/m0/s1. The minimum Gasteiger partial charge on any atom is -0.491 e. The fourth-order valence-corrected chi connectivity index (χ4v) is 4.42. The number of pyridine rings is 1. The molecule has 1 heterocycles. The van der Waals surface area contributed by atoms with Crippen LogP contribution < -0.4 is 10.5 Å². The number of aromatic nitrogens is 1. The summed E-state index contributed by atoms with van der Waals surface area (Å²) in [4.78, 5) is 7.45. The maximum Gasteiger partial charge on any atom is 0.236 e. The summed E-state index contributed by atoms with van der Waals surface area (Å²) in [5.41, 5.74) is 7.36. The van der Waals surface area contributed by atoms with Crippen LogP contribution in [0.2, 0.25) is 18.1 Å². The highest BCUT2D eigenvalue weighted by molar-refractivity contribution is 7.80. The van der Waals surface area contributed by atoms with Gasteiger partial charge in [-0.3, -0.25) is 0 Å². The summed E-state index contributed by atoms with van der Waals surface area (Å²) in [6.07, 6.45) is -0.0313. The highest BCUT2D eigenvalue weighted by Crippen LogP contribution is 2.40. The van der Waals surface area contributed by atoms with E-state index in [2.05, 4.69) is 62.4 Å². The van der Waals surface area contributed by atoms with E-state index in [-0.39, 0.29) is 33.2 Å². The molecule has 0 saturated heterocycles. The summed E-state index contributed by atoms with van der Waals surface area (Å²) in [5.74, 6) is 0.737. The molecule has 0 bridgehead atoms. The quantitative estimate of drug-likeness (QED) is 0.335. The van der Waals surface area contributed by atoms with Crippen LogP contribution in [-0.4, -0.2) is 26.0 Å². The lowest BCUT2D eigenvalue weighted by Gasteiger charge is -2.38. The number of rotatable bonds is 6. The van der Waals surface area contributed by atoms with Gasteiger partial charge >= 0.3 is 0 Å². The van der Waals surface area contributed by atoms with E-state index in [4.69, 9.17) is 21.5 Å². The number of thiol groups is 1. The van der Waals surface area contributed by atoms with E-state index in [1.54, 1.807) is 24.3 Å². The van der Waals surface area contributed by atoms with Crippen LogP contribution >= 0.6 is 12.6 Å². The predicted octanol–water partition coefficient (Wildman–Crippen LogP) is 5.83. The van der Waals surface area contributed by atoms with Crippen molar-refractivity contribution in [2.45, 2.75) is 57.0 Å². The molecule has 0 saturated carbocycles. The van der Waals surface area contributed by atoms with Crippen molar-refractivity contribution in [2.75, 3.05) is 12.3 Å². The maximum atomic E-state index is 9.50. The van der Waals surface area contributed by atoms with Gasteiger partial charge in [-0.1, -0.05) is 32.9 Å². The third kappa shape index (κ3) is 5.14. The van der Waals surface area contributed by atoms with Crippen molar-refractivity contribution in [3.63, 3.8) is 0 Å². The van der Waals surface area contributed by atoms with E-state index in [1.165, 1.54) is 0 Å². The first kappa shape index (κ1) is 23.8. The van der Waals surface area contributed by atoms with E-state index in [0.29, 0.717) is 23.5 Å². The van der Waals surface area contributed by atoms with Gasteiger partial charge in [0.2, 0.25) is 5.69 Å². The number of nitrogens with two attached hydrogens (primary N) is 1. The SMILES string of the molecule is [C-]#[N+]c1c(N)nc(S)c(C#N)c1-c1ccc(OC[C@H](C)O[Si](C)(C)C(C)(C)C)cc1. The number of hydrogen-bond acceptors (Lipinski definition) is 6. The molecule has 0 unspecified atom stereocenters. The van der Waals surface area contributed by atoms with Gasteiger partial charge in [-0.05, 0) is 42.8 Å². The topological polar surface area (TPSA) is 85.5 Å². The van der Waals surface area contributed by atoms with Gasteiger partial charge in [-0.15, -0.1) is 12.6 Å². The third-order valence-electron chi connectivity index (χ3n) is 5.33. The van der Waals surface area contributed by atoms with Crippen LogP contribution in [0.15, 0.2) is 29.3 Å². The number of ether oxygens (including phenoxy) is 1.